The number of carbonyl (C=O) groups is 1. The van der Waals surface area contributed by atoms with Crippen molar-refractivity contribution >= 4 is 29.0 Å². The van der Waals surface area contributed by atoms with Crippen LogP contribution in [0.1, 0.15) is 0 Å². The molecule has 0 aliphatic rings. The summed E-state index contributed by atoms with van der Waals surface area (Å²) in [5.74, 6) is 0. The van der Waals surface area contributed by atoms with E-state index in [0.717, 1.165) is 11.4 Å². The van der Waals surface area contributed by atoms with Crippen LogP contribution in [0.15, 0.2) is 54.6 Å². The van der Waals surface area contributed by atoms with E-state index < -0.39 is 0 Å². The molecule has 2 amide bonds. The number of para-hydroxylation sites is 1. The van der Waals surface area contributed by atoms with Crippen molar-refractivity contribution in [2.24, 2.45) is 0 Å². The minimum atomic E-state index is -0.103. The fourth-order valence-electron chi connectivity index (χ4n) is 1.76. The smallest absolute Gasteiger partial charge is 0.297 e. The average molecular weight is 275 g/mol. The molecule has 0 saturated heterocycles. The minimum Gasteiger partial charge on any atom is -0.297 e. The van der Waals surface area contributed by atoms with Crippen LogP contribution in [0.5, 0.6) is 0 Å². The van der Waals surface area contributed by atoms with Gasteiger partial charge in [0, 0.05) is 30.5 Å². The predicted molar refractivity (Wildman–Crippen MR) is 80.1 cm³/mol. The zero-order chi connectivity index (χ0) is 13.8. The lowest BCUT2D eigenvalue weighted by Crippen LogP contribution is -2.38. The molecule has 2 aromatic rings. The van der Waals surface area contributed by atoms with Crippen LogP contribution in [0.25, 0.3) is 0 Å². The molecule has 0 fully saturated rings. The maximum atomic E-state index is 12.3. The first kappa shape index (κ1) is 13.4. The van der Waals surface area contributed by atoms with E-state index in [1.807, 2.05) is 42.5 Å². The van der Waals surface area contributed by atoms with E-state index in [1.165, 1.54) is 0 Å². The number of rotatable bonds is 2. The number of hydrogen-bond acceptors (Lipinski definition) is 1. The molecule has 0 aliphatic heterocycles. The number of hydrogen-bond donors (Lipinski definition) is 0. The van der Waals surface area contributed by atoms with Crippen molar-refractivity contribution in [2.75, 3.05) is 23.9 Å². The molecule has 4 heteroatoms. The predicted octanol–water partition coefficient (Wildman–Crippen LogP) is 4.03. The Morgan fingerprint density at radius 2 is 1.32 bits per heavy atom. The molecule has 19 heavy (non-hydrogen) atoms. The molecule has 0 saturated carbocycles. The van der Waals surface area contributed by atoms with Gasteiger partial charge in [-0.15, -0.1) is 0 Å². The second-order valence-electron chi connectivity index (χ2n) is 4.21. The zero-order valence-electron chi connectivity index (χ0n) is 10.9. The van der Waals surface area contributed by atoms with Crippen LogP contribution in [-0.4, -0.2) is 20.1 Å². The number of anilines is 2. The Bertz CT molecular complexity index is 554. The highest BCUT2D eigenvalue weighted by molar-refractivity contribution is 6.30. The van der Waals surface area contributed by atoms with Gasteiger partial charge in [0.2, 0.25) is 0 Å². The number of halogens is 1. The number of benzene rings is 2. The third-order valence-electron chi connectivity index (χ3n) is 2.93. The van der Waals surface area contributed by atoms with Gasteiger partial charge in [-0.3, -0.25) is 9.80 Å². The largest absolute Gasteiger partial charge is 0.328 e. The number of carbonyl (C=O) groups excluding carboxylic acids is 1. The first-order valence-electron chi connectivity index (χ1n) is 5.91. The van der Waals surface area contributed by atoms with Gasteiger partial charge in [-0.05, 0) is 36.4 Å². The van der Waals surface area contributed by atoms with Crippen LogP contribution in [0.4, 0.5) is 16.2 Å². The lowest BCUT2D eigenvalue weighted by Gasteiger charge is -2.25. The van der Waals surface area contributed by atoms with Crippen molar-refractivity contribution in [3.8, 4) is 0 Å². The van der Waals surface area contributed by atoms with Crippen molar-refractivity contribution in [1.82, 2.24) is 0 Å². The van der Waals surface area contributed by atoms with Crippen LogP contribution < -0.4 is 9.80 Å². The van der Waals surface area contributed by atoms with Gasteiger partial charge >= 0.3 is 6.03 Å². The van der Waals surface area contributed by atoms with E-state index in [1.54, 1.807) is 36.0 Å². The number of nitrogens with zero attached hydrogens (tertiary/aromatic N) is 2. The van der Waals surface area contributed by atoms with E-state index in [-0.39, 0.29) is 6.03 Å². The van der Waals surface area contributed by atoms with Crippen molar-refractivity contribution in [3.05, 3.63) is 59.6 Å². The third-order valence-corrected chi connectivity index (χ3v) is 3.18. The minimum absolute atomic E-state index is 0.103. The van der Waals surface area contributed by atoms with Gasteiger partial charge < -0.3 is 0 Å². The quantitative estimate of drug-likeness (QED) is 0.811. The van der Waals surface area contributed by atoms with Crippen LogP contribution in [0.2, 0.25) is 5.02 Å². The van der Waals surface area contributed by atoms with E-state index in [2.05, 4.69) is 0 Å². The summed E-state index contributed by atoms with van der Waals surface area (Å²) in [6, 6.07) is 16.6. The van der Waals surface area contributed by atoms with Gasteiger partial charge in [0.15, 0.2) is 0 Å². The summed E-state index contributed by atoms with van der Waals surface area (Å²) in [4.78, 5) is 15.5. The molecular weight excluding hydrogens is 260 g/mol. The summed E-state index contributed by atoms with van der Waals surface area (Å²) in [5.41, 5.74) is 1.66. The van der Waals surface area contributed by atoms with E-state index in [4.69, 9.17) is 11.6 Å². The highest BCUT2D eigenvalue weighted by atomic mass is 35.5. The van der Waals surface area contributed by atoms with Gasteiger partial charge in [0.05, 0.1) is 0 Å². The second-order valence-corrected chi connectivity index (χ2v) is 4.65. The first-order chi connectivity index (χ1) is 9.09. The van der Waals surface area contributed by atoms with Gasteiger partial charge in [-0.25, -0.2) is 4.79 Å². The fraction of sp³-hybridized carbons (Fsp3) is 0.133. The zero-order valence-corrected chi connectivity index (χ0v) is 11.6. The maximum absolute atomic E-state index is 12.3. The highest BCUT2D eigenvalue weighted by Gasteiger charge is 2.16. The average Bonchev–Trinajstić information content (AvgIpc) is 2.46. The highest BCUT2D eigenvalue weighted by Crippen LogP contribution is 2.20. The van der Waals surface area contributed by atoms with E-state index in [9.17, 15) is 4.79 Å². The number of urea groups is 1. The molecule has 0 spiro atoms. The Kier molecular flexibility index (Phi) is 4.07. The summed E-state index contributed by atoms with van der Waals surface area (Å²) >= 11 is 5.84. The molecule has 3 nitrogen and oxygen atoms in total. The molecule has 98 valence electrons. The van der Waals surface area contributed by atoms with Crippen LogP contribution >= 0.6 is 11.6 Å². The van der Waals surface area contributed by atoms with Gasteiger partial charge in [-0.2, -0.15) is 0 Å². The van der Waals surface area contributed by atoms with Crippen LogP contribution in [0, 0.1) is 0 Å². The van der Waals surface area contributed by atoms with Crippen molar-refractivity contribution in [2.45, 2.75) is 0 Å². The van der Waals surface area contributed by atoms with E-state index >= 15 is 0 Å². The van der Waals surface area contributed by atoms with Gasteiger partial charge in [-0.1, -0.05) is 29.8 Å². The molecule has 2 aromatic carbocycles. The van der Waals surface area contributed by atoms with Gasteiger partial charge in [0.25, 0.3) is 0 Å². The molecule has 0 aliphatic carbocycles. The Morgan fingerprint density at radius 3 is 1.84 bits per heavy atom. The van der Waals surface area contributed by atoms with Crippen molar-refractivity contribution in [3.63, 3.8) is 0 Å². The SMILES string of the molecule is CN(C(=O)N(C)c1ccc(Cl)cc1)c1ccccc1. The monoisotopic (exact) mass is 274 g/mol. The molecule has 0 unspecified atom stereocenters. The lowest BCUT2D eigenvalue weighted by molar-refractivity contribution is 0.253. The fourth-order valence-corrected chi connectivity index (χ4v) is 1.89. The summed E-state index contributed by atoms with van der Waals surface area (Å²) in [6.07, 6.45) is 0. The van der Waals surface area contributed by atoms with Crippen molar-refractivity contribution < 1.29 is 4.79 Å². The normalized spacial score (nSPS) is 10.1. The lowest BCUT2D eigenvalue weighted by atomic mass is 10.3. The van der Waals surface area contributed by atoms with Crippen LogP contribution in [0.3, 0.4) is 0 Å². The summed E-state index contributed by atoms with van der Waals surface area (Å²) < 4.78 is 0. The molecular formula is C15H15ClN2O. The summed E-state index contributed by atoms with van der Waals surface area (Å²) in [5, 5.41) is 0.654. The second kappa shape index (κ2) is 5.76. The first-order valence-corrected chi connectivity index (χ1v) is 6.29. The molecule has 0 radical (unpaired) electrons. The third kappa shape index (κ3) is 3.06. The summed E-state index contributed by atoms with van der Waals surface area (Å²) in [7, 11) is 3.50. The molecule has 0 bridgehead atoms. The Morgan fingerprint density at radius 1 is 0.842 bits per heavy atom. The Labute approximate surface area is 118 Å². The van der Waals surface area contributed by atoms with Gasteiger partial charge in [0.1, 0.15) is 0 Å². The molecule has 0 heterocycles. The molecule has 0 N–H and O–H groups in total. The Hall–Kier alpha value is -2.00. The topological polar surface area (TPSA) is 23.6 Å². The molecule has 0 aromatic heterocycles. The summed E-state index contributed by atoms with van der Waals surface area (Å²) in [6.45, 7) is 0. The Balaban J connectivity index is 2.17. The van der Waals surface area contributed by atoms with Crippen LogP contribution in [-0.2, 0) is 0 Å². The molecule has 2 rings (SSSR count). The van der Waals surface area contributed by atoms with E-state index in [0.29, 0.717) is 5.02 Å². The number of amides is 2. The maximum Gasteiger partial charge on any atom is 0.328 e. The standard InChI is InChI=1S/C15H15ClN2O/c1-17(13-6-4-3-5-7-13)15(19)18(2)14-10-8-12(16)9-11-14/h3-11H,1-2H3. The van der Waals surface area contributed by atoms with Crippen molar-refractivity contribution in [1.29, 1.82) is 0 Å². The molecule has 0 atom stereocenters.